The van der Waals surface area contributed by atoms with Gasteiger partial charge in [-0.2, -0.15) is 0 Å². The molecule has 0 aromatic rings. The average Bonchev–Trinajstić information content (AvgIpc) is 2.14. The van der Waals surface area contributed by atoms with E-state index < -0.39 is 0 Å². The summed E-state index contributed by atoms with van der Waals surface area (Å²) in [6.07, 6.45) is 0. The minimum Gasteiger partial charge on any atom is -0.336 e. The first kappa shape index (κ1) is 5.37. The lowest BCUT2D eigenvalue weighted by Crippen LogP contribution is -2.33. The first-order chi connectivity index (χ1) is 3.83. The number of rotatable bonds is 1. The summed E-state index contributed by atoms with van der Waals surface area (Å²) in [5.74, 6) is 0. The number of hydrogen-bond acceptors (Lipinski definition) is 2. The van der Waals surface area contributed by atoms with Crippen LogP contribution >= 0.6 is 0 Å². The zero-order valence-corrected chi connectivity index (χ0v) is 4.48. The van der Waals surface area contributed by atoms with Crippen LogP contribution in [0.25, 0.3) is 0 Å². The molecule has 0 aromatic heterocycles. The number of hydrogen-bond donors (Lipinski definition) is 3. The molecule has 4 heteroatoms. The van der Waals surface area contributed by atoms with E-state index in [1.165, 1.54) is 0 Å². The molecule has 1 atom stereocenters. The predicted octanol–water partition coefficient (Wildman–Crippen LogP) is -1.37. The topological polar surface area (TPSA) is 67.1 Å². The van der Waals surface area contributed by atoms with Gasteiger partial charge >= 0.3 is 6.03 Å². The van der Waals surface area contributed by atoms with Crippen molar-refractivity contribution in [1.82, 2.24) is 10.6 Å². The van der Waals surface area contributed by atoms with Crippen LogP contribution in [0.5, 0.6) is 0 Å². The van der Waals surface area contributed by atoms with Crippen molar-refractivity contribution in [2.24, 2.45) is 5.73 Å². The van der Waals surface area contributed by atoms with E-state index in [0.717, 1.165) is 0 Å². The molecule has 1 aliphatic rings. The van der Waals surface area contributed by atoms with Crippen LogP contribution in [0.3, 0.4) is 0 Å². The number of amides is 2. The molecule has 1 fully saturated rings. The fraction of sp³-hybridized carbons (Fsp3) is 0.750. The molecule has 8 heavy (non-hydrogen) atoms. The Morgan fingerprint density at radius 3 is 2.88 bits per heavy atom. The van der Waals surface area contributed by atoms with Gasteiger partial charge in [-0.3, -0.25) is 0 Å². The van der Waals surface area contributed by atoms with Crippen LogP contribution in [0.1, 0.15) is 0 Å². The van der Waals surface area contributed by atoms with Crippen LogP contribution in [0, 0.1) is 0 Å². The highest BCUT2D eigenvalue weighted by atomic mass is 16.2. The van der Waals surface area contributed by atoms with Gasteiger partial charge in [-0.25, -0.2) is 4.79 Å². The lowest BCUT2D eigenvalue weighted by atomic mass is 10.3. The Morgan fingerprint density at radius 1 is 1.88 bits per heavy atom. The van der Waals surface area contributed by atoms with Crippen LogP contribution in [0.4, 0.5) is 4.79 Å². The number of nitrogens with two attached hydrogens (primary N) is 1. The van der Waals surface area contributed by atoms with Crippen LogP contribution in [0.2, 0.25) is 0 Å². The molecule has 4 N–H and O–H groups in total. The second-order valence-corrected chi connectivity index (χ2v) is 1.79. The molecule has 0 bridgehead atoms. The molecule has 46 valence electrons. The van der Waals surface area contributed by atoms with Crippen LogP contribution in [0.15, 0.2) is 0 Å². The lowest BCUT2D eigenvalue weighted by molar-refractivity contribution is 0.247. The molecule has 0 aliphatic carbocycles. The smallest absolute Gasteiger partial charge is 0.315 e. The Kier molecular flexibility index (Phi) is 1.34. The maximum atomic E-state index is 10.3. The molecule has 0 radical (unpaired) electrons. The third kappa shape index (κ3) is 0.894. The zero-order chi connectivity index (χ0) is 5.98. The summed E-state index contributed by atoms with van der Waals surface area (Å²) in [6, 6.07) is 0.0305. The van der Waals surface area contributed by atoms with E-state index in [4.69, 9.17) is 5.73 Å². The number of nitrogens with one attached hydrogen (secondary N) is 2. The largest absolute Gasteiger partial charge is 0.336 e. The first-order valence-corrected chi connectivity index (χ1v) is 2.57. The molecule has 1 aliphatic heterocycles. The Bertz CT molecular complexity index is 103. The quantitative estimate of drug-likeness (QED) is 0.394. The highest BCUT2D eigenvalue weighted by Gasteiger charge is 2.16. The van der Waals surface area contributed by atoms with E-state index in [0.29, 0.717) is 13.1 Å². The normalized spacial score (nSPS) is 27.1. The minimum atomic E-state index is -0.111. The SMILES string of the molecule is NC[C@@H]1CNC(=O)N1. The summed E-state index contributed by atoms with van der Waals surface area (Å²) in [5, 5.41) is 5.22. The van der Waals surface area contributed by atoms with Crippen molar-refractivity contribution in [2.45, 2.75) is 6.04 Å². The average molecular weight is 115 g/mol. The minimum absolute atomic E-state index is 0.111. The Balaban J connectivity index is 2.32. The van der Waals surface area contributed by atoms with Gasteiger partial charge in [-0.1, -0.05) is 0 Å². The highest BCUT2D eigenvalue weighted by molar-refractivity contribution is 5.76. The second kappa shape index (κ2) is 2.00. The zero-order valence-electron chi connectivity index (χ0n) is 4.48. The summed E-state index contributed by atoms with van der Waals surface area (Å²) in [6.45, 7) is 1.17. The van der Waals surface area contributed by atoms with Gasteiger partial charge in [0.05, 0.1) is 6.04 Å². The third-order valence-corrected chi connectivity index (χ3v) is 1.13. The number of carbonyl (C=O) groups is 1. The van der Waals surface area contributed by atoms with E-state index in [9.17, 15) is 4.79 Å². The van der Waals surface area contributed by atoms with Crippen molar-refractivity contribution >= 4 is 6.03 Å². The van der Waals surface area contributed by atoms with E-state index >= 15 is 0 Å². The van der Waals surface area contributed by atoms with Crippen LogP contribution < -0.4 is 16.4 Å². The molecule has 0 unspecified atom stereocenters. The first-order valence-electron chi connectivity index (χ1n) is 2.57. The van der Waals surface area contributed by atoms with Gasteiger partial charge in [0.15, 0.2) is 0 Å². The van der Waals surface area contributed by atoms with Gasteiger partial charge in [-0.05, 0) is 0 Å². The molecule has 0 spiro atoms. The lowest BCUT2D eigenvalue weighted by Gasteiger charge is -2.00. The van der Waals surface area contributed by atoms with E-state index in [1.807, 2.05) is 0 Å². The second-order valence-electron chi connectivity index (χ2n) is 1.79. The maximum absolute atomic E-state index is 10.3. The van der Waals surface area contributed by atoms with Crippen LogP contribution in [-0.4, -0.2) is 25.2 Å². The standard InChI is InChI=1S/C4H9N3O/c5-1-3-2-6-4(8)7-3/h3H,1-2,5H2,(H2,6,7,8)/t3-/m1/s1. The van der Waals surface area contributed by atoms with Crippen LogP contribution in [-0.2, 0) is 0 Å². The summed E-state index contributed by atoms with van der Waals surface area (Å²) in [4.78, 5) is 10.3. The van der Waals surface area contributed by atoms with E-state index in [-0.39, 0.29) is 12.1 Å². The molecule has 0 aromatic carbocycles. The predicted molar refractivity (Wildman–Crippen MR) is 29.4 cm³/mol. The fourth-order valence-electron chi connectivity index (χ4n) is 0.646. The van der Waals surface area contributed by atoms with Crippen molar-refractivity contribution in [1.29, 1.82) is 0 Å². The van der Waals surface area contributed by atoms with Gasteiger partial charge in [0.2, 0.25) is 0 Å². The molecule has 1 saturated heterocycles. The summed E-state index contributed by atoms with van der Waals surface area (Å²) in [5.41, 5.74) is 5.24. The summed E-state index contributed by atoms with van der Waals surface area (Å²) in [7, 11) is 0. The number of carbonyl (C=O) groups excluding carboxylic acids is 1. The van der Waals surface area contributed by atoms with E-state index in [1.54, 1.807) is 0 Å². The molecule has 1 rings (SSSR count). The van der Waals surface area contributed by atoms with Crippen molar-refractivity contribution in [3.05, 3.63) is 0 Å². The Morgan fingerprint density at radius 2 is 2.62 bits per heavy atom. The number of urea groups is 1. The van der Waals surface area contributed by atoms with Gasteiger partial charge in [0.25, 0.3) is 0 Å². The molecular weight excluding hydrogens is 106 g/mol. The molecule has 1 heterocycles. The van der Waals surface area contributed by atoms with Gasteiger partial charge in [0.1, 0.15) is 0 Å². The highest BCUT2D eigenvalue weighted by Crippen LogP contribution is 1.84. The monoisotopic (exact) mass is 115 g/mol. The molecule has 0 saturated carbocycles. The summed E-state index contributed by atoms with van der Waals surface area (Å²) >= 11 is 0. The Hall–Kier alpha value is -0.770. The maximum Gasteiger partial charge on any atom is 0.315 e. The summed E-state index contributed by atoms with van der Waals surface area (Å²) < 4.78 is 0. The Labute approximate surface area is 47.4 Å². The molecular formula is C4H9N3O. The molecule has 2 amide bonds. The van der Waals surface area contributed by atoms with Gasteiger partial charge in [0, 0.05) is 13.1 Å². The third-order valence-electron chi connectivity index (χ3n) is 1.13. The van der Waals surface area contributed by atoms with Crippen molar-refractivity contribution in [3.63, 3.8) is 0 Å². The van der Waals surface area contributed by atoms with Crippen molar-refractivity contribution in [3.8, 4) is 0 Å². The van der Waals surface area contributed by atoms with Gasteiger partial charge in [-0.15, -0.1) is 0 Å². The van der Waals surface area contributed by atoms with E-state index in [2.05, 4.69) is 10.6 Å². The van der Waals surface area contributed by atoms with Crippen molar-refractivity contribution < 1.29 is 4.79 Å². The van der Waals surface area contributed by atoms with Crippen molar-refractivity contribution in [2.75, 3.05) is 13.1 Å². The molecule has 4 nitrogen and oxygen atoms in total. The van der Waals surface area contributed by atoms with Gasteiger partial charge < -0.3 is 16.4 Å². The fourth-order valence-corrected chi connectivity index (χ4v) is 0.646.